The molecule has 48 heavy (non-hydrogen) atoms. The van der Waals surface area contributed by atoms with Gasteiger partial charge in [-0.2, -0.15) is 0 Å². The molecule has 0 aromatic carbocycles. The van der Waals surface area contributed by atoms with E-state index >= 15 is 0 Å². The molecule has 4 nitrogen and oxygen atoms in total. The number of rotatable bonds is 8. The van der Waals surface area contributed by atoms with Gasteiger partial charge in [0.25, 0.3) is 0 Å². The molecule has 0 saturated carbocycles. The molecular formula is C44H68N4. The Morgan fingerprint density at radius 3 is 0.979 bits per heavy atom. The second-order valence-electron chi connectivity index (χ2n) is 15.3. The normalized spacial score (nSPS) is 11.2. The van der Waals surface area contributed by atoms with Crippen LogP contribution < -0.4 is 0 Å². The number of hydrogen-bond donors (Lipinski definition) is 0. The van der Waals surface area contributed by atoms with Gasteiger partial charge < -0.3 is 0 Å². The molecule has 0 spiro atoms. The molecule has 4 rings (SSSR count). The van der Waals surface area contributed by atoms with Crippen molar-refractivity contribution in [2.24, 2.45) is 0 Å². The van der Waals surface area contributed by atoms with Gasteiger partial charge in [-0.05, 0) is 106 Å². The molecule has 0 atom stereocenters. The van der Waals surface area contributed by atoms with E-state index in [2.05, 4.69) is 179 Å². The van der Waals surface area contributed by atoms with Gasteiger partial charge >= 0.3 is 0 Å². The van der Waals surface area contributed by atoms with Gasteiger partial charge in [-0.1, -0.05) is 123 Å². The first-order valence-electron chi connectivity index (χ1n) is 18.3. The number of pyridine rings is 4. The molecule has 0 N–H and O–H groups in total. The third-order valence-electron chi connectivity index (χ3n) is 8.22. The molecular weight excluding hydrogens is 585 g/mol. The Kier molecular flexibility index (Phi) is 19.1. The fourth-order valence-corrected chi connectivity index (χ4v) is 4.50. The summed E-state index contributed by atoms with van der Waals surface area (Å²) in [6.45, 7) is 35.0. The maximum absolute atomic E-state index is 4.57. The van der Waals surface area contributed by atoms with Crippen molar-refractivity contribution in [1.82, 2.24) is 19.9 Å². The lowest BCUT2D eigenvalue weighted by atomic mass is 9.99. The van der Waals surface area contributed by atoms with Crippen LogP contribution in [0.2, 0.25) is 0 Å². The van der Waals surface area contributed by atoms with E-state index in [9.17, 15) is 0 Å². The summed E-state index contributed by atoms with van der Waals surface area (Å²) in [5.74, 6) is 4.49. The summed E-state index contributed by atoms with van der Waals surface area (Å²) >= 11 is 0. The van der Waals surface area contributed by atoms with Crippen molar-refractivity contribution in [2.45, 2.75) is 158 Å². The average molecular weight is 653 g/mol. The van der Waals surface area contributed by atoms with Gasteiger partial charge in [0.05, 0.1) is 0 Å². The predicted octanol–water partition coefficient (Wildman–Crippen LogP) is 13.3. The minimum atomic E-state index is 0.531. The van der Waals surface area contributed by atoms with Crippen molar-refractivity contribution in [3.05, 3.63) is 118 Å². The molecule has 0 aliphatic carbocycles. The summed E-state index contributed by atoms with van der Waals surface area (Å²) in [5.41, 5.74) is 10.2. The van der Waals surface area contributed by atoms with Crippen LogP contribution in [0.15, 0.2) is 73.3 Å². The number of aromatic nitrogens is 4. The van der Waals surface area contributed by atoms with E-state index in [0.29, 0.717) is 47.3 Å². The van der Waals surface area contributed by atoms with Crippen LogP contribution in [0.1, 0.15) is 203 Å². The third-order valence-corrected chi connectivity index (χ3v) is 8.22. The topological polar surface area (TPSA) is 51.6 Å². The average Bonchev–Trinajstić information content (AvgIpc) is 3.05. The molecule has 4 aromatic heterocycles. The Morgan fingerprint density at radius 2 is 0.688 bits per heavy atom. The lowest BCUT2D eigenvalue weighted by Gasteiger charge is -2.09. The first kappa shape index (κ1) is 42.6. The van der Waals surface area contributed by atoms with Crippen LogP contribution in [-0.2, 0) is 0 Å². The largest absolute Gasteiger partial charge is 0.264 e. The summed E-state index contributed by atoms with van der Waals surface area (Å²) in [6, 6.07) is 17.1. The fraction of sp³-hybridized carbons (Fsp3) is 0.545. The molecule has 0 unspecified atom stereocenters. The molecule has 4 heteroatoms. The minimum Gasteiger partial charge on any atom is -0.264 e. The molecule has 0 aliphatic heterocycles. The molecule has 0 saturated heterocycles. The van der Waals surface area contributed by atoms with Crippen molar-refractivity contribution in [2.75, 3.05) is 0 Å². The quantitative estimate of drug-likeness (QED) is 0.190. The lowest BCUT2D eigenvalue weighted by molar-refractivity contribution is 0.765. The van der Waals surface area contributed by atoms with Gasteiger partial charge in [0.15, 0.2) is 0 Å². The molecule has 0 aliphatic rings. The second kappa shape index (κ2) is 21.5. The van der Waals surface area contributed by atoms with Crippen molar-refractivity contribution in [3.8, 4) is 0 Å². The summed E-state index contributed by atoms with van der Waals surface area (Å²) in [4.78, 5) is 17.4. The zero-order valence-electron chi connectivity index (χ0n) is 33.3. The van der Waals surface area contributed by atoms with Crippen LogP contribution in [0.25, 0.3) is 0 Å². The van der Waals surface area contributed by atoms with Crippen molar-refractivity contribution in [1.29, 1.82) is 0 Å². The number of hydrogen-bond acceptors (Lipinski definition) is 4. The summed E-state index contributed by atoms with van der Waals surface area (Å²) < 4.78 is 0. The standard InChI is InChI=1S/4C11H17N/c1-8(2)10-5-11(9(3)4)7-12-6-10;2*1-8(2)10-5-6-12-11(7-10)9(3)4;1-8(2)10-6-5-7-11(12-10)9(3)4/h4*5-9H,1-4H3. The predicted molar refractivity (Wildman–Crippen MR) is 210 cm³/mol. The molecule has 0 radical (unpaired) electrons. The molecule has 4 aromatic rings. The zero-order valence-corrected chi connectivity index (χ0v) is 33.3. The zero-order chi connectivity index (χ0) is 36.6. The molecule has 0 fully saturated rings. The minimum absolute atomic E-state index is 0.531. The van der Waals surface area contributed by atoms with E-state index in [1.807, 2.05) is 24.8 Å². The highest BCUT2D eigenvalue weighted by Crippen LogP contribution is 2.21. The Bertz CT molecular complexity index is 1130. The van der Waals surface area contributed by atoms with Crippen LogP contribution in [0.3, 0.4) is 0 Å². The van der Waals surface area contributed by atoms with Gasteiger partial charge in [-0.15, -0.1) is 0 Å². The highest BCUT2D eigenvalue weighted by atomic mass is 14.7. The smallest absolute Gasteiger partial charge is 0.0432 e. The first-order chi connectivity index (χ1) is 22.4. The lowest BCUT2D eigenvalue weighted by Crippen LogP contribution is -1.98. The van der Waals surface area contributed by atoms with E-state index in [-0.39, 0.29) is 0 Å². The fourth-order valence-electron chi connectivity index (χ4n) is 4.50. The maximum Gasteiger partial charge on any atom is 0.0432 e. The van der Waals surface area contributed by atoms with E-state index in [0.717, 1.165) is 0 Å². The van der Waals surface area contributed by atoms with E-state index in [1.165, 1.54) is 45.0 Å². The highest BCUT2D eigenvalue weighted by molar-refractivity contribution is 5.24. The second-order valence-corrected chi connectivity index (χ2v) is 15.3. The summed E-state index contributed by atoms with van der Waals surface area (Å²) in [5, 5.41) is 0. The Labute approximate surface area is 295 Å². The maximum atomic E-state index is 4.57. The molecule has 0 amide bonds. The molecule has 0 bridgehead atoms. The van der Waals surface area contributed by atoms with Gasteiger partial charge in [0.2, 0.25) is 0 Å². The van der Waals surface area contributed by atoms with Crippen molar-refractivity contribution >= 4 is 0 Å². The number of nitrogens with zero attached hydrogens (tertiary/aromatic N) is 4. The Morgan fingerprint density at radius 1 is 0.354 bits per heavy atom. The van der Waals surface area contributed by atoms with Gasteiger partial charge in [0.1, 0.15) is 0 Å². The SMILES string of the molecule is CC(C)c1cccc(C(C)C)n1.CC(C)c1ccnc(C(C)C)c1.CC(C)c1ccnc(C(C)C)c1.CC(C)c1cncc(C(C)C)c1. The highest BCUT2D eigenvalue weighted by Gasteiger charge is 2.06. The van der Waals surface area contributed by atoms with Crippen LogP contribution >= 0.6 is 0 Å². The van der Waals surface area contributed by atoms with Crippen LogP contribution in [0.4, 0.5) is 0 Å². The summed E-state index contributed by atoms with van der Waals surface area (Å²) in [7, 11) is 0. The Balaban J connectivity index is 0.000000320. The van der Waals surface area contributed by atoms with E-state index < -0.39 is 0 Å². The summed E-state index contributed by atoms with van der Waals surface area (Å²) in [6.07, 6.45) is 7.72. The Hall–Kier alpha value is -3.40. The molecule has 264 valence electrons. The molecule has 4 heterocycles. The van der Waals surface area contributed by atoms with Crippen LogP contribution in [0, 0.1) is 0 Å². The van der Waals surface area contributed by atoms with Crippen LogP contribution in [-0.4, -0.2) is 19.9 Å². The van der Waals surface area contributed by atoms with Gasteiger partial charge in [-0.25, -0.2) is 0 Å². The monoisotopic (exact) mass is 653 g/mol. The van der Waals surface area contributed by atoms with E-state index in [4.69, 9.17) is 0 Å². The van der Waals surface area contributed by atoms with Gasteiger partial charge in [-0.3, -0.25) is 19.9 Å². The first-order valence-corrected chi connectivity index (χ1v) is 18.3. The van der Waals surface area contributed by atoms with Crippen molar-refractivity contribution < 1.29 is 0 Å². The van der Waals surface area contributed by atoms with Gasteiger partial charge in [0, 0.05) is 47.6 Å². The third kappa shape index (κ3) is 15.7. The van der Waals surface area contributed by atoms with Crippen LogP contribution in [0.5, 0.6) is 0 Å². The van der Waals surface area contributed by atoms with E-state index in [1.54, 1.807) is 0 Å². The van der Waals surface area contributed by atoms with Crippen molar-refractivity contribution in [3.63, 3.8) is 0 Å².